The summed E-state index contributed by atoms with van der Waals surface area (Å²) < 4.78 is 11.8. The average Bonchev–Trinajstić information content (AvgIpc) is 3.25. The van der Waals surface area contributed by atoms with Gasteiger partial charge in [-0.15, -0.1) is 0 Å². The number of aliphatic hydroxyl groups is 1. The molecule has 1 N–H and O–H groups in total. The second-order valence-electron chi connectivity index (χ2n) is 9.59. The molecule has 0 aromatic heterocycles. The van der Waals surface area contributed by atoms with Gasteiger partial charge >= 0.3 is 0 Å². The zero-order valence-corrected chi connectivity index (χ0v) is 22.3. The Morgan fingerprint density at radius 1 is 0.800 bits per heavy atom. The molecule has 1 aliphatic rings. The fourth-order valence-corrected chi connectivity index (χ4v) is 4.83. The average molecular weight is 534 g/mol. The lowest BCUT2D eigenvalue weighted by molar-refractivity contribution is -0.139. The third kappa shape index (κ3) is 5.91. The zero-order chi connectivity index (χ0) is 27.9. The van der Waals surface area contributed by atoms with E-state index in [2.05, 4.69) is 0 Å². The van der Waals surface area contributed by atoms with E-state index in [1.165, 1.54) is 0 Å². The van der Waals surface area contributed by atoms with E-state index in [0.29, 0.717) is 47.9 Å². The number of aliphatic hydroxyl groups excluding tert-OH is 1. The Kier molecular flexibility index (Phi) is 8.26. The van der Waals surface area contributed by atoms with Crippen molar-refractivity contribution >= 4 is 17.4 Å². The van der Waals surface area contributed by atoms with Gasteiger partial charge in [-0.05, 0) is 60.4 Å². The van der Waals surface area contributed by atoms with Crippen LogP contribution >= 0.6 is 0 Å². The first-order chi connectivity index (χ1) is 19.5. The third-order valence-corrected chi connectivity index (χ3v) is 6.76. The van der Waals surface area contributed by atoms with Gasteiger partial charge in [-0.1, -0.05) is 79.7 Å². The molecule has 1 aliphatic heterocycles. The number of para-hydroxylation sites is 1. The number of likely N-dealkylation sites (tertiary alicyclic amines) is 1. The van der Waals surface area contributed by atoms with E-state index in [0.717, 1.165) is 12.0 Å². The molecule has 6 heteroatoms. The number of amides is 1. The van der Waals surface area contributed by atoms with Crippen LogP contribution in [-0.4, -0.2) is 34.8 Å². The largest absolute Gasteiger partial charge is 0.507 e. The van der Waals surface area contributed by atoms with Crippen molar-refractivity contribution in [2.75, 3.05) is 13.2 Å². The summed E-state index contributed by atoms with van der Waals surface area (Å²) in [7, 11) is 0. The Bertz CT molecular complexity index is 1510. The SMILES string of the molecule is CCCOc1cccc(/C(O)=C2\C(=O)C(=O)N(CCc3ccccc3)C2c2cccc(Oc3ccccc3)c2)c1. The van der Waals surface area contributed by atoms with Gasteiger partial charge in [0.1, 0.15) is 23.0 Å². The van der Waals surface area contributed by atoms with Crippen LogP contribution in [0.2, 0.25) is 0 Å². The molecule has 0 bridgehead atoms. The van der Waals surface area contributed by atoms with E-state index < -0.39 is 17.7 Å². The van der Waals surface area contributed by atoms with Crippen molar-refractivity contribution < 1.29 is 24.2 Å². The Morgan fingerprint density at radius 3 is 2.23 bits per heavy atom. The lowest BCUT2D eigenvalue weighted by atomic mass is 9.95. The van der Waals surface area contributed by atoms with Gasteiger partial charge in [-0.3, -0.25) is 9.59 Å². The van der Waals surface area contributed by atoms with Crippen molar-refractivity contribution in [3.63, 3.8) is 0 Å². The van der Waals surface area contributed by atoms with E-state index in [1.807, 2.05) is 91.9 Å². The number of ether oxygens (including phenoxy) is 2. The molecule has 40 heavy (non-hydrogen) atoms. The molecule has 0 spiro atoms. The molecular weight excluding hydrogens is 502 g/mol. The van der Waals surface area contributed by atoms with Gasteiger partial charge in [0.05, 0.1) is 18.2 Å². The van der Waals surface area contributed by atoms with Crippen LogP contribution in [-0.2, 0) is 16.0 Å². The van der Waals surface area contributed by atoms with Crippen molar-refractivity contribution in [1.29, 1.82) is 0 Å². The Hall–Kier alpha value is -4.84. The number of carbonyl (C=O) groups excluding carboxylic acids is 2. The van der Waals surface area contributed by atoms with Gasteiger partial charge in [0.2, 0.25) is 0 Å². The van der Waals surface area contributed by atoms with Gasteiger partial charge in [-0.2, -0.15) is 0 Å². The van der Waals surface area contributed by atoms with Crippen molar-refractivity contribution in [3.8, 4) is 17.2 Å². The van der Waals surface area contributed by atoms with Crippen LogP contribution in [0, 0.1) is 0 Å². The Morgan fingerprint density at radius 2 is 1.48 bits per heavy atom. The quantitative estimate of drug-likeness (QED) is 0.136. The van der Waals surface area contributed by atoms with E-state index in [9.17, 15) is 14.7 Å². The van der Waals surface area contributed by atoms with E-state index in [1.54, 1.807) is 29.2 Å². The molecular formula is C34H31NO5. The number of rotatable bonds is 10. The fraction of sp³-hybridized carbons (Fsp3) is 0.176. The molecule has 0 saturated carbocycles. The predicted octanol–water partition coefficient (Wildman–Crippen LogP) is 6.93. The molecule has 0 aliphatic carbocycles. The van der Waals surface area contributed by atoms with Gasteiger partial charge in [0.15, 0.2) is 0 Å². The molecule has 1 atom stereocenters. The Balaban J connectivity index is 1.56. The molecule has 1 heterocycles. The van der Waals surface area contributed by atoms with Crippen LogP contribution in [0.4, 0.5) is 0 Å². The first-order valence-corrected chi connectivity index (χ1v) is 13.4. The minimum atomic E-state index is -0.789. The maximum absolute atomic E-state index is 13.5. The molecule has 5 rings (SSSR count). The second-order valence-corrected chi connectivity index (χ2v) is 9.59. The summed E-state index contributed by atoms with van der Waals surface area (Å²) >= 11 is 0. The standard InChI is InChI=1S/C34H31NO5/c1-2-21-39-28-17-10-14-26(23-28)32(36)30-31(25-13-9-18-29(22-25)40-27-15-7-4-8-16-27)35(34(38)33(30)37)20-19-24-11-5-3-6-12-24/h3-18,22-23,31,36H,2,19-21H2,1H3/b32-30+. The number of hydrogen-bond acceptors (Lipinski definition) is 5. The smallest absolute Gasteiger partial charge is 0.295 e. The lowest BCUT2D eigenvalue weighted by Gasteiger charge is -2.26. The number of Topliss-reactive ketones (excluding diaryl/α,β-unsaturated/α-hetero) is 1. The van der Waals surface area contributed by atoms with Crippen molar-refractivity contribution in [1.82, 2.24) is 4.90 Å². The van der Waals surface area contributed by atoms with Gasteiger partial charge in [-0.25, -0.2) is 0 Å². The van der Waals surface area contributed by atoms with E-state index >= 15 is 0 Å². The normalized spacial score (nSPS) is 16.2. The van der Waals surface area contributed by atoms with Gasteiger partial charge in [0, 0.05) is 12.1 Å². The van der Waals surface area contributed by atoms with Crippen LogP contribution < -0.4 is 9.47 Å². The predicted molar refractivity (Wildman–Crippen MR) is 154 cm³/mol. The highest BCUT2D eigenvalue weighted by Gasteiger charge is 2.46. The molecule has 1 fully saturated rings. The molecule has 1 unspecified atom stereocenters. The van der Waals surface area contributed by atoms with Crippen LogP contribution in [0.25, 0.3) is 5.76 Å². The monoisotopic (exact) mass is 533 g/mol. The number of nitrogens with zero attached hydrogens (tertiary/aromatic N) is 1. The van der Waals surface area contributed by atoms with E-state index in [4.69, 9.17) is 9.47 Å². The molecule has 202 valence electrons. The number of hydrogen-bond donors (Lipinski definition) is 1. The number of benzene rings is 4. The molecule has 1 amide bonds. The minimum absolute atomic E-state index is 0.0440. The summed E-state index contributed by atoms with van der Waals surface area (Å²) in [5, 5.41) is 11.5. The maximum Gasteiger partial charge on any atom is 0.295 e. The highest BCUT2D eigenvalue weighted by Crippen LogP contribution is 2.41. The number of ketones is 1. The fourth-order valence-electron chi connectivity index (χ4n) is 4.83. The van der Waals surface area contributed by atoms with Gasteiger partial charge < -0.3 is 19.5 Å². The van der Waals surface area contributed by atoms with Crippen LogP contribution in [0.5, 0.6) is 17.2 Å². The summed E-state index contributed by atoms with van der Waals surface area (Å²) in [6.45, 7) is 2.85. The van der Waals surface area contributed by atoms with E-state index in [-0.39, 0.29) is 11.3 Å². The van der Waals surface area contributed by atoms with Gasteiger partial charge in [0.25, 0.3) is 11.7 Å². The van der Waals surface area contributed by atoms with Crippen molar-refractivity contribution in [3.05, 3.63) is 131 Å². The van der Waals surface area contributed by atoms with Crippen LogP contribution in [0.15, 0.2) is 115 Å². The third-order valence-electron chi connectivity index (χ3n) is 6.76. The maximum atomic E-state index is 13.5. The zero-order valence-electron chi connectivity index (χ0n) is 22.3. The van der Waals surface area contributed by atoms with Crippen LogP contribution in [0.1, 0.15) is 36.1 Å². The summed E-state index contributed by atoms with van der Waals surface area (Å²) in [5.74, 6) is 0.218. The Labute approximate surface area is 234 Å². The molecule has 4 aromatic carbocycles. The van der Waals surface area contributed by atoms with Crippen molar-refractivity contribution in [2.45, 2.75) is 25.8 Å². The first-order valence-electron chi connectivity index (χ1n) is 13.4. The topological polar surface area (TPSA) is 76.1 Å². The summed E-state index contributed by atoms with van der Waals surface area (Å²) in [6, 6.07) is 32.6. The molecule has 1 saturated heterocycles. The van der Waals surface area contributed by atoms with Crippen molar-refractivity contribution in [2.24, 2.45) is 0 Å². The molecule has 6 nitrogen and oxygen atoms in total. The summed E-state index contributed by atoms with van der Waals surface area (Å²) in [6.07, 6.45) is 1.40. The second kappa shape index (κ2) is 12.3. The van der Waals surface area contributed by atoms with Crippen LogP contribution in [0.3, 0.4) is 0 Å². The molecule has 4 aromatic rings. The highest BCUT2D eigenvalue weighted by molar-refractivity contribution is 6.46. The number of carbonyl (C=O) groups is 2. The molecule has 0 radical (unpaired) electrons. The lowest BCUT2D eigenvalue weighted by Crippen LogP contribution is -2.31. The summed E-state index contributed by atoms with van der Waals surface area (Å²) in [4.78, 5) is 28.4. The highest BCUT2D eigenvalue weighted by atomic mass is 16.5. The minimum Gasteiger partial charge on any atom is -0.507 e. The summed E-state index contributed by atoms with van der Waals surface area (Å²) in [5.41, 5.74) is 2.17. The first kappa shape index (κ1) is 26.8.